The smallest absolute Gasteiger partial charge is 0.137 e. The first-order valence-corrected chi connectivity index (χ1v) is 6.60. The van der Waals surface area contributed by atoms with Gasteiger partial charge < -0.3 is 10.5 Å². The largest absolute Gasteiger partial charge is 0.492 e. The highest BCUT2D eigenvalue weighted by molar-refractivity contribution is 5.34. The third-order valence-corrected chi connectivity index (χ3v) is 3.00. The zero-order valence-corrected chi connectivity index (χ0v) is 11.5. The first-order valence-electron chi connectivity index (χ1n) is 6.60. The Hall–Kier alpha value is -1.87. The molecule has 1 unspecified atom stereocenters. The van der Waals surface area contributed by atoms with Gasteiger partial charge in [0.15, 0.2) is 0 Å². The van der Waals surface area contributed by atoms with E-state index < -0.39 is 0 Å². The first kappa shape index (κ1) is 13.6. The van der Waals surface area contributed by atoms with Crippen LogP contribution < -0.4 is 10.5 Å². The highest BCUT2D eigenvalue weighted by Gasteiger charge is 2.10. The second-order valence-electron chi connectivity index (χ2n) is 4.69. The number of nitrogens with zero attached hydrogens (tertiary/aromatic N) is 1. The number of nitrogens with two attached hydrogens (primary N) is 1. The molecule has 0 fully saturated rings. The molecule has 0 radical (unpaired) electrons. The number of ether oxygens (including phenoxy) is 1. The lowest BCUT2D eigenvalue weighted by molar-refractivity contribution is 0.315. The fourth-order valence-corrected chi connectivity index (χ4v) is 1.87. The normalized spacial score (nSPS) is 12.2. The van der Waals surface area contributed by atoms with Crippen molar-refractivity contribution in [3.8, 4) is 5.75 Å². The minimum Gasteiger partial charge on any atom is -0.492 e. The molecule has 0 saturated heterocycles. The van der Waals surface area contributed by atoms with Crippen molar-refractivity contribution in [1.29, 1.82) is 0 Å². The lowest BCUT2D eigenvalue weighted by Crippen LogP contribution is -2.12. The molecule has 0 saturated carbocycles. The summed E-state index contributed by atoms with van der Waals surface area (Å²) in [5.41, 5.74) is 9.55. The molecule has 100 valence electrons. The molecular weight excluding hydrogens is 236 g/mol. The van der Waals surface area contributed by atoms with Crippen molar-refractivity contribution in [2.45, 2.75) is 26.3 Å². The average Bonchev–Trinajstić information content (AvgIpc) is 2.45. The SMILES string of the molecule is CCCOc1cncc(C(N)c2ccc(C)cc2)c1. The van der Waals surface area contributed by atoms with Gasteiger partial charge in [-0.25, -0.2) is 0 Å². The van der Waals surface area contributed by atoms with Crippen LogP contribution in [0.3, 0.4) is 0 Å². The number of pyridine rings is 1. The van der Waals surface area contributed by atoms with Crippen LogP contribution in [0, 0.1) is 6.92 Å². The van der Waals surface area contributed by atoms with E-state index in [1.54, 1.807) is 12.4 Å². The van der Waals surface area contributed by atoms with Crippen molar-refractivity contribution in [3.05, 3.63) is 59.4 Å². The van der Waals surface area contributed by atoms with E-state index in [2.05, 4.69) is 43.1 Å². The molecule has 0 aliphatic rings. The predicted molar refractivity (Wildman–Crippen MR) is 77.2 cm³/mol. The number of hydrogen-bond acceptors (Lipinski definition) is 3. The average molecular weight is 256 g/mol. The van der Waals surface area contributed by atoms with Gasteiger partial charge in [0.1, 0.15) is 5.75 Å². The maximum absolute atomic E-state index is 6.27. The van der Waals surface area contributed by atoms with Gasteiger partial charge in [-0.3, -0.25) is 4.98 Å². The van der Waals surface area contributed by atoms with Crippen LogP contribution in [-0.4, -0.2) is 11.6 Å². The number of hydrogen-bond donors (Lipinski definition) is 1. The van der Waals surface area contributed by atoms with Crippen LogP contribution in [0.25, 0.3) is 0 Å². The number of aryl methyl sites for hydroxylation is 1. The Labute approximate surface area is 114 Å². The molecule has 2 N–H and O–H groups in total. The Morgan fingerprint density at radius 1 is 1.16 bits per heavy atom. The summed E-state index contributed by atoms with van der Waals surface area (Å²) >= 11 is 0. The lowest BCUT2D eigenvalue weighted by Gasteiger charge is -2.14. The van der Waals surface area contributed by atoms with Crippen LogP contribution in [0.5, 0.6) is 5.75 Å². The van der Waals surface area contributed by atoms with Crippen LogP contribution in [0.4, 0.5) is 0 Å². The van der Waals surface area contributed by atoms with Crippen molar-refractivity contribution in [2.75, 3.05) is 6.61 Å². The fourth-order valence-electron chi connectivity index (χ4n) is 1.87. The van der Waals surface area contributed by atoms with Gasteiger partial charge in [-0.15, -0.1) is 0 Å². The van der Waals surface area contributed by atoms with Crippen molar-refractivity contribution in [1.82, 2.24) is 4.98 Å². The standard InChI is InChI=1S/C16H20N2O/c1-3-8-19-15-9-14(10-18-11-15)16(17)13-6-4-12(2)5-7-13/h4-7,9-11,16H,3,8,17H2,1-2H3. The van der Waals surface area contributed by atoms with Crippen LogP contribution in [0.15, 0.2) is 42.7 Å². The molecule has 19 heavy (non-hydrogen) atoms. The van der Waals surface area contributed by atoms with E-state index in [9.17, 15) is 0 Å². The first-order chi connectivity index (χ1) is 9.20. The van der Waals surface area contributed by atoms with E-state index in [1.165, 1.54) is 5.56 Å². The highest BCUT2D eigenvalue weighted by atomic mass is 16.5. The van der Waals surface area contributed by atoms with Gasteiger partial charge in [0, 0.05) is 6.20 Å². The van der Waals surface area contributed by atoms with E-state index in [0.29, 0.717) is 6.61 Å². The van der Waals surface area contributed by atoms with Crippen LogP contribution >= 0.6 is 0 Å². The molecule has 2 rings (SSSR count). The van der Waals surface area contributed by atoms with Crippen molar-refractivity contribution in [2.24, 2.45) is 5.73 Å². The molecule has 2 aromatic rings. The molecule has 1 atom stereocenters. The molecule has 3 heteroatoms. The van der Waals surface area contributed by atoms with Crippen LogP contribution in [0.2, 0.25) is 0 Å². The monoisotopic (exact) mass is 256 g/mol. The molecule has 1 aromatic carbocycles. The zero-order valence-electron chi connectivity index (χ0n) is 11.5. The van der Waals surface area contributed by atoms with Crippen molar-refractivity contribution >= 4 is 0 Å². The van der Waals surface area contributed by atoms with Gasteiger partial charge in [-0.1, -0.05) is 36.8 Å². The summed E-state index contributed by atoms with van der Waals surface area (Å²) in [6.45, 7) is 4.84. The summed E-state index contributed by atoms with van der Waals surface area (Å²) < 4.78 is 5.58. The molecule has 0 amide bonds. The van der Waals surface area contributed by atoms with E-state index >= 15 is 0 Å². The van der Waals surface area contributed by atoms with Gasteiger partial charge in [-0.05, 0) is 30.5 Å². The van der Waals surface area contributed by atoms with E-state index in [0.717, 1.165) is 23.3 Å². The quantitative estimate of drug-likeness (QED) is 0.893. The summed E-state index contributed by atoms with van der Waals surface area (Å²) in [4.78, 5) is 4.20. The number of aromatic nitrogens is 1. The van der Waals surface area contributed by atoms with Gasteiger partial charge in [0.2, 0.25) is 0 Å². The molecular formula is C16H20N2O. The minimum atomic E-state index is -0.168. The Balaban J connectivity index is 2.18. The minimum absolute atomic E-state index is 0.168. The Kier molecular flexibility index (Phi) is 4.53. The summed E-state index contributed by atoms with van der Waals surface area (Å²) in [5, 5.41) is 0. The summed E-state index contributed by atoms with van der Waals surface area (Å²) in [6.07, 6.45) is 4.50. The molecule has 3 nitrogen and oxygen atoms in total. The Morgan fingerprint density at radius 2 is 1.89 bits per heavy atom. The van der Waals surface area contributed by atoms with Crippen LogP contribution in [-0.2, 0) is 0 Å². The Bertz CT molecular complexity index is 523. The zero-order chi connectivity index (χ0) is 13.7. The fraction of sp³-hybridized carbons (Fsp3) is 0.312. The van der Waals surface area contributed by atoms with Gasteiger partial charge in [0.25, 0.3) is 0 Å². The second kappa shape index (κ2) is 6.34. The topological polar surface area (TPSA) is 48.1 Å². The highest BCUT2D eigenvalue weighted by Crippen LogP contribution is 2.22. The van der Waals surface area contributed by atoms with E-state index in [-0.39, 0.29) is 6.04 Å². The molecule has 0 aliphatic carbocycles. The third kappa shape index (κ3) is 3.55. The van der Waals surface area contributed by atoms with E-state index in [4.69, 9.17) is 10.5 Å². The molecule has 0 spiro atoms. The molecule has 0 bridgehead atoms. The molecule has 1 aromatic heterocycles. The number of rotatable bonds is 5. The second-order valence-corrected chi connectivity index (χ2v) is 4.69. The number of benzene rings is 1. The maximum Gasteiger partial charge on any atom is 0.137 e. The van der Waals surface area contributed by atoms with Gasteiger partial charge in [-0.2, -0.15) is 0 Å². The summed E-state index contributed by atoms with van der Waals surface area (Å²) in [5.74, 6) is 0.780. The van der Waals surface area contributed by atoms with Gasteiger partial charge >= 0.3 is 0 Å². The summed E-state index contributed by atoms with van der Waals surface area (Å²) in [6, 6.07) is 10.0. The summed E-state index contributed by atoms with van der Waals surface area (Å²) in [7, 11) is 0. The molecule has 1 heterocycles. The van der Waals surface area contributed by atoms with Crippen molar-refractivity contribution < 1.29 is 4.74 Å². The predicted octanol–water partition coefficient (Wildman–Crippen LogP) is 3.23. The Morgan fingerprint density at radius 3 is 2.58 bits per heavy atom. The molecule has 0 aliphatic heterocycles. The maximum atomic E-state index is 6.27. The van der Waals surface area contributed by atoms with Crippen molar-refractivity contribution in [3.63, 3.8) is 0 Å². The third-order valence-electron chi connectivity index (χ3n) is 3.00. The van der Waals surface area contributed by atoms with Gasteiger partial charge in [0.05, 0.1) is 18.8 Å². The van der Waals surface area contributed by atoms with E-state index in [1.807, 2.05) is 6.07 Å². The van der Waals surface area contributed by atoms with Crippen LogP contribution in [0.1, 0.15) is 36.1 Å². The lowest BCUT2D eigenvalue weighted by atomic mass is 10.00.